The minimum atomic E-state index is -4.63. The van der Waals surface area contributed by atoms with E-state index in [-0.39, 0.29) is 37.5 Å². The van der Waals surface area contributed by atoms with E-state index in [1.165, 1.54) is 20.8 Å². The number of amides is 6. The molecule has 0 aliphatic carbocycles. The number of carboxylic acids is 4. The van der Waals surface area contributed by atoms with Crippen molar-refractivity contribution < 1.29 is 77.8 Å². The lowest BCUT2D eigenvalue weighted by molar-refractivity contribution is -0.143. The highest BCUT2D eigenvalue weighted by molar-refractivity contribution is 7.58. The van der Waals surface area contributed by atoms with E-state index in [0.717, 1.165) is 0 Å². The molecule has 2 unspecified atom stereocenters. The maximum atomic E-state index is 14.1. The predicted molar refractivity (Wildman–Crippen MR) is 241 cm³/mol. The lowest BCUT2D eigenvalue weighted by atomic mass is 10.0. The van der Waals surface area contributed by atoms with Crippen LogP contribution in [0.15, 0.2) is 30.3 Å². The molecule has 376 valence electrons. The number of hydrogen-bond donors (Lipinski definition) is 12. The fraction of sp³-hybridized carbons (Fsp3) is 0.628. The summed E-state index contributed by atoms with van der Waals surface area (Å²) >= 11 is 0. The minimum Gasteiger partial charge on any atom is -0.481 e. The fourth-order valence-electron chi connectivity index (χ4n) is 6.64. The highest BCUT2D eigenvalue weighted by Crippen LogP contribution is 2.49. The van der Waals surface area contributed by atoms with Gasteiger partial charge in [0.2, 0.25) is 42.8 Å². The molecule has 1 rings (SSSR count). The highest BCUT2D eigenvalue weighted by Gasteiger charge is 2.40. The van der Waals surface area contributed by atoms with E-state index >= 15 is 0 Å². The summed E-state index contributed by atoms with van der Waals surface area (Å²) in [5.41, 5.74) is 6.37. The highest BCUT2D eigenvalue weighted by atomic mass is 31.2. The number of nitrogens with two attached hydrogens (primary N) is 1. The second kappa shape index (κ2) is 28.3. The van der Waals surface area contributed by atoms with Gasteiger partial charge in [0.25, 0.3) is 0 Å². The summed E-state index contributed by atoms with van der Waals surface area (Å²) < 4.78 is 14.1. The van der Waals surface area contributed by atoms with Gasteiger partial charge >= 0.3 is 23.9 Å². The van der Waals surface area contributed by atoms with Crippen LogP contribution in [0.3, 0.4) is 0 Å². The van der Waals surface area contributed by atoms with Crippen molar-refractivity contribution >= 4 is 66.7 Å². The SMILES string of the molecule is CC(C)C[C@H](NC(=O)[C@@H](N)CCC(=O)O)C(=O)N[C@@H](CC(=O)O)C(=O)N[C@H](CC(C)C)P(=O)(O)CC(C)C(=O)N[C@H](C(=O)N[C@@H](CCC(=O)O)C(=O)N[C@@H](Cc1ccccc1)C(=O)O)C(C)C. The number of carbonyl (C=O) groups excluding carboxylic acids is 6. The molecule has 1 aromatic rings. The number of rotatable bonds is 31. The van der Waals surface area contributed by atoms with Gasteiger partial charge in [0.05, 0.1) is 12.5 Å². The third-order valence-electron chi connectivity index (χ3n) is 10.3. The summed E-state index contributed by atoms with van der Waals surface area (Å²) in [7, 11) is -4.63. The number of hydrogen-bond acceptors (Lipinski definition) is 12. The average Bonchev–Trinajstić information content (AvgIpc) is 3.21. The summed E-state index contributed by atoms with van der Waals surface area (Å²) in [6, 6.07) is -0.562. The van der Waals surface area contributed by atoms with Gasteiger partial charge in [-0.1, -0.05) is 78.8 Å². The molecule has 0 radical (unpaired) electrons. The molecule has 0 saturated carbocycles. The molecule has 0 aliphatic rings. The van der Waals surface area contributed by atoms with Crippen molar-refractivity contribution in [2.75, 3.05) is 6.16 Å². The van der Waals surface area contributed by atoms with Gasteiger partial charge in [0.15, 0.2) is 0 Å². The van der Waals surface area contributed by atoms with E-state index in [4.69, 9.17) is 10.8 Å². The molecule has 0 heterocycles. The lowest BCUT2D eigenvalue weighted by Crippen LogP contribution is -2.58. The molecule has 0 aromatic heterocycles. The van der Waals surface area contributed by atoms with E-state index in [0.29, 0.717) is 5.56 Å². The Labute approximate surface area is 389 Å². The molecule has 9 atom stereocenters. The molecule has 23 nitrogen and oxygen atoms in total. The van der Waals surface area contributed by atoms with Gasteiger partial charge in [-0.05, 0) is 49.0 Å². The molecular formula is C43H68N7O16P. The van der Waals surface area contributed by atoms with E-state index < -0.39 is 152 Å². The van der Waals surface area contributed by atoms with E-state index in [1.54, 1.807) is 58.0 Å². The minimum absolute atomic E-state index is 0.00519. The van der Waals surface area contributed by atoms with Gasteiger partial charge in [0.1, 0.15) is 36.0 Å². The standard InChI is InChI=1S/C43H68N7O16P/c1-22(2)17-29(46-38(58)27(44)13-15-33(51)52)40(60)47-30(20-35(55)56)41(61)49-32(18-23(3)4)67(65,66)21-25(7)37(57)50-36(24(5)6)42(62)45-28(14-16-34(53)54)39(59)48-31(43(63)64)19-26-11-9-8-10-12-26/h8-12,22-25,27-32,36H,13-21,44H2,1-7H3,(H,45,62)(H,46,58)(H,47,60)(H,48,59)(H,49,61)(H,50,57)(H,51,52)(H,53,54)(H,55,56)(H,63,64)(H,65,66)/t25?,27-,28-,29-,30-,31-,32-,36-/m0/s1. The van der Waals surface area contributed by atoms with Crippen molar-refractivity contribution in [1.29, 1.82) is 0 Å². The molecular weight excluding hydrogens is 901 g/mol. The molecule has 6 amide bonds. The van der Waals surface area contributed by atoms with Crippen molar-refractivity contribution in [2.24, 2.45) is 29.4 Å². The van der Waals surface area contributed by atoms with Gasteiger partial charge in [0, 0.05) is 31.3 Å². The average molecular weight is 970 g/mol. The summed E-state index contributed by atoms with van der Waals surface area (Å²) in [5.74, 6) is -15.5. The second-order valence-electron chi connectivity index (χ2n) is 17.7. The topological polar surface area (TPSA) is 387 Å². The first-order valence-corrected chi connectivity index (χ1v) is 23.8. The third kappa shape index (κ3) is 22.4. The zero-order chi connectivity index (χ0) is 51.3. The van der Waals surface area contributed by atoms with Crippen molar-refractivity contribution in [3.63, 3.8) is 0 Å². The third-order valence-corrected chi connectivity index (χ3v) is 12.6. The molecule has 1 aromatic carbocycles. The van der Waals surface area contributed by atoms with Gasteiger partial charge in [-0.2, -0.15) is 0 Å². The second-order valence-corrected chi connectivity index (χ2v) is 20.2. The molecule has 0 fully saturated rings. The normalized spacial score (nSPS) is 15.8. The summed E-state index contributed by atoms with van der Waals surface area (Å²) in [6.07, 6.45) is -3.80. The Morgan fingerprint density at radius 3 is 1.57 bits per heavy atom. The van der Waals surface area contributed by atoms with Crippen LogP contribution in [-0.4, -0.2) is 133 Å². The van der Waals surface area contributed by atoms with E-state index in [2.05, 4.69) is 31.9 Å². The number of carbonyl (C=O) groups is 10. The Bertz CT molecular complexity index is 1950. The smallest absolute Gasteiger partial charge is 0.326 e. The predicted octanol–water partition coefficient (Wildman–Crippen LogP) is 0.366. The molecule has 0 spiro atoms. The lowest BCUT2D eigenvalue weighted by Gasteiger charge is -2.30. The Kier molecular flexibility index (Phi) is 25.0. The number of benzene rings is 1. The Morgan fingerprint density at radius 2 is 1.06 bits per heavy atom. The monoisotopic (exact) mass is 969 g/mol. The zero-order valence-corrected chi connectivity index (χ0v) is 39.7. The van der Waals surface area contributed by atoms with Crippen LogP contribution in [0.25, 0.3) is 0 Å². The number of aliphatic carboxylic acids is 4. The first kappa shape index (κ1) is 59.1. The van der Waals surface area contributed by atoms with Crippen LogP contribution in [0.5, 0.6) is 0 Å². The largest absolute Gasteiger partial charge is 0.481 e. The summed E-state index contributed by atoms with van der Waals surface area (Å²) in [5, 5.41) is 52.0. The summed E-state index contributed by atoms with van der Waals surface area (Å²) in [6.45, 7) is 11.1. The van der Waals surface area contributed by atoms with Crippen molar-refractivity contribution in [2.45, 2.75) is 142 Å². The van der Waals surface area contributed by atoms with Crippen molar-refractivity contribution in [1.82, 2.24) is 31.9 Å². The molecule has 0 aliphatic heterocycles. The van der Waals surface area contributed by atoms with Crippen molar-refractivity contribution in [3.8, 4) is 0 Å². The maximum Gasteiger partial charge on any atom is 0.326 e. The molecule has 67 heavy (non-hydrogen) atoms. The van der Waals surface area contributed by atoms with Gasteiger partial charge in [-0.15, -0.1) is 0 Å². The maximum absolute atomic E-state index is 14.1. The molecule has 13 N–H and O–H groups in total. The van der Waals surface area contributed by atoms with Crippen LogP contribution >= 0.6 is 7.37 Å². The quantitative estimate of drug-likeness (QED) is 0.0447. The zero-order valence-electron chi connectivity index (χ0n) is 38.9. The van der Waals surface area contributed by atoms with Gasteiger partial charge < -0.3 is 63.0 Å². The van der Waals surface area contributed by atoms with Crippen LogP contribution < -0.4 is 37.6 Å². The van der Waals surface area contributed by atoms with Crippen LogP contribution in [0.2, 0.25) is 0 Å². The first-order valence-electron chi connectivity index (χ1n) is 21.9. The molecule has 0 bridgehead atoms. The van der Waals surface area contributed by atoms with Gasteiger partial charge in [-0.3, -0.25) is 47.7 Å². The summed E-state index contributed by atoms with van der Waals surface area (Å²) in [4.78, 5) is 138. The van der Waals surface area contributed by atoms with E-state index in [9.17, 15) is 72.7 Å². The fourth-order valence-corrected chi connectivity index (χ4v) is 8.92. The Hall–Kier alpha value is -5.93. The van der Waals surface area contributed by atoms with Gasteiger partial charge in [-0.25, -0.2) is 4.79 Å². The first-order chi connectivity index (χ1) is 31.0. The number of carboxylic acid groups (broad SMARTS) is 4. The van der Waals surface area contributed by atoms with Crippen LogP contribution in [0, 0.1) is 23.7 Å². The Morgan fingerprint density at radius 1 is 0.567 bits per heavy atom. The van der Waals surface area contributed by atoms with Crippen LogP contribution in [0.4, 0.5) is 0 Å². The number of nitrogens with one attached hydrogen (secondary N) is 6. The van der Waals surface area contributed by atoms with Crippen molar-refractivity contribution in [3.05, 3.63) is 35.9 Å². The Balaban J connectivity index is 3.28. The molecule has 24 heteroatoms. The molecule has 0 saturated heterocycles. The van der Waals surface area contributed by atoms with Crippen LogP contribution in [0.1, 0.15) is 99.0 Å². The van der Waals surface area contributed by atoms with E-state index in [1.807, 2.05) is 0 Å². The van der Waals surface area contributed by atoms with Crippen LogP contribution in [-0.2, 0) is 58.9 Å².